The number of aliphatic carboxylic acids is 1. The van der Waals surface area contributed by atoms with Crippen molar-refractivity contribution in [2.75, 3.05) is 33.5 Å². The highest BCUT2D eigenvalue weighted by molar-refractivity contribution is 6.31. The summed E-state index contributed by atoms with van der Waals surface area (Å²) < 4.78 is 66.4. The molecule has 2 bridgehead atoms. The van der Waals surface area contributed by atoms with Crippen LogP contribution >= 0.6 is 11.6 Å². The second kappa shape index (κ2) is 15.3. The maximum atomic E-state index is 15.0. The Morgan fingerprint density at radius 3 is 2.18 bits per heavy atom. The molecule has 2 aliphatic heterocycles. The summed E-state index contributed by atoms with van der Waals surface area (Å²) >= 11 is 6.57. The van der Waals surface area contributed by atoms with Gasteiger partial charge in [-0.3, -0.25) is 0 Å². The van der Waals surface area contributed by atoms with E-state index in [9.17, 15) is 18.7 Å². The van der Waals surface area contributed by atoms with E-state index < -0.39 is 47.3 Å². The Labute approximate surface area is 262 Å². The molecular weight excluding hydrogens is 598 g/mol. The van der Waals surface area contributed by atoms with Crippen molar-refractivity contribution in [1.29, 1.82) is 0 Å². The third-order valence-electron chi connectivity index (χ3n) is 8.20. The molecule has 44 heavy (non-hydrogen) atoms. The van der Waals surface area contributed by atoms with Crippen molar-refractivity contribution in [1.82, 2.24) is 0 Å². The number of halogens is 3. The predicted molar refractivity (Wildman–Crippen MR) is 160 cm³/mol. The zero-order valence-electron chi connectivity index (χ0n) is 25.8. The maximum absolute atomic E-state index is 15.0. The molecule has 2 aliphatic rings. The second-order valence-electron chi connectivity index (χ2n) is 11.3. The van der Waals surface area contributed by atoms with Crippen LogP contribution in [0, 0.1) is 11.6 Å². The smallest absolute Gasteiger partial charge is 0.341 e. The van der Waals surface area contributed by atoms with Crippen LogP contribution in [0.5, 0.6) is 5.75 Å². The van der Waals surface area contributed by atoms with Gasteiger partial charge in [-0.15, -0.1) is 0 Å². The Kier molecular flexibility index (Phi) is 12.0. The van der Waals surface area contributed by atoms with Crippen molar-refractivity contribution in [3.05, 3.63) is 63.7 Å². The molecule has 0 spiro atoms. The van der Waals surface area contributed by atoms with Crippen molar-refractivity contribution in [2.24, 2.45) is 0 Å². The molecule has 0 saturated carbocycles. The monoisotopic (exact) mass is 640 g/mol. The molecule has 0 unspecified atom stereocenters. The van der Waals surface area contributed by atoms with Gasteiger partial charge >= 0.3 is 5.97 Å². The summed E-state index contributed by atoms with van der Waals surface area (Å²) in [6, 6.07) is 7.73. The predicted octanol–water partition coefficient (Wildman–Crippen LogP) is 6.81. The van der Waals surface area contributed by atoms with Crippen LogP contribution in [0.25, 0.3) is 0 Å². The number of benzene rings is 2. The lowest BCUT2D eigenvalue weighted by atomic mass is 9.82. The van der Waals surface area contributed by atoms with E-state index in [0.29, 0.717) is 36.0 Å². The van der Waals surface area contributed by atoms with E-state index in [1.807, 2.05) is 20.8 Å². The summed E-state index contributed by atoms with van der Waals surface area (Å²) in [4.78, 5) is 13.0. The van der Waals surface area contributed by atoms with E-state index in [-0.39, 0.29) is 24.3 Å². The molecule has 2 heterocycles. The van der Waals surface area contributed by atoms with Crippen molar-refractivity contribution in [2.45, 2.75) is 95.4 Å². The molecule has 2 aromatic carbocycles. The van der Waals surface area contributed by atoms with Gasteiger partial charge in [-0.05, 0) is 48.6 Å². The number of carboxylic acids is 1. The minimum atomic E-state index is -1.87. The van der Waals surface area contributed by atoms with Crippen LogP contribution in [0.1, 0.15) is 76.0 Å². The number of hydrogen-bond donors (Lipinski definition) is 1. The molecule has 2 aromatic rings. The van der Waals surface area contributed by atoms with E-state index in [4.69, 9.17) is 40.0 Å². The van der Waals surface area contributed by atoms with Gasteiger partial charge in [0.1, 0.15) is 18.3 Å². The van der Waals surface area contributed by atoms with Crippen LogP contribution < -0.4 is 4.74 Å². The number of carboxylic acid groups (broad SMARTS) is 1. The Bertz CT molecular complexity index is 1280. The van der Waals surface area contributed by atoms with Crippen molar-refractivity contribution in [3.63, 3.8) is 0 Å². The van der Waals surface area contributed by atoms with Crippen LogP contribution in [0.15, 0.2) is 30.3 Å². The number of carbonyl (C=O) groups is 1. The van der Waals surface area contributed by atoms with Gasteiger partial charge in [0, 0.05) is 36.8 Å². The van der Waals surface area contributed by atoms with Gasteiger partial charge in [-0.1, -0.05) is 63.8 Å². The van der Waals surface area contributed by atoms with Crippen LogP contribution in [-0.2, 0) is 40.7 Å². The number of unbranched alkanes of at least 4 members (excludes halogenated alkanes) is 3. The van der Waals surface area contributed by atoms with E-state index in [1.165, 1.54) is 19.2 Å². The number of fused-ring (bicyclic) bond motifs is 2. The lowest BCUT2D eigenvalue weighted by Crippen LogP contribution is -2.69. The van der Waals surface area contributed by atoms with Crippen molar-refractivity contribution >= 4 is 17.6 Å². The first-order valence-electron chi connectivity index (χ1n) is 15.4. The van der Waals surface area contributed by atoms with Gasteiger partial charge in [0.25, 0.3) is 0 Å². The zero-order chi connectivity index (χ0) is 31.9. The van der Waals surface area contributed by atoms with E-state index in [0.717, 1.165) is 38.5 Å². The lowest BCUT2D eigenvalue weighted by Gasteiger charge is -2.49. The third-order valence-corrected chi connectivity index (χ3v) is 8.57. The number of methoxy groups -OCH3 is 1. The van der Waals surface area contributed by atoms with Crippen molar-refractivity contribution in [3.8, 4) is 5.75 Å². The third kappa shape index (κ3) is 6.76. The fourth-order valence-electron chi connectivity index (χ4n) is 5.68. The fraction of sp³-hybridized carbons (Fsp3) is 0.606. The van der Waals surface area contributed by atoms with Crippen molar-refractivity contribution < 1.29 is 47.1 Å². The molecule has 5 atom stereocenters. The van der Waals surface area contributed by atoms with E-state index in [2.05, 4.69) is 0 Å². The lowest BCUT2D eigenvalue weighted by molar-refractivity contribution is -0.341. The van der Waals surface area contributed by atoms with Gasteiger partial charge in [0.2, 0.25) is 17.2 Å². The summed E-state index contributed by atoms with van der Waals surface area (Å²) in [5, 5.41) is 10.9. The highest BCUT2D eigenvalue weighted by atomic mass is 35.5. The standard InChI is InChI=1S/C33H43ClF2O8/c1-5-8-15-40-28-29(41-16-9-6-2)32(31(37)38)20-43-33(44-32,30(28)42-17-10-7-3)23-12-13-24(34)22(19-23)18-21-11-14-25(39-4)27(36)26(21)35/h11-14,19,28-30H,5-10,15-18,20H2,1-4H3,(H,37,38)/t28-,29-,30+,32-,33-/m0/s1. The average Bonchev–Trinajstić information content (AvgIpc) is 3.38. The second-order valence-corrected chi connectivity index (χ2v) is 11.7. The summed E-state index contributed by atoms with van der Waals surface area (Å²) in [5.41, 5.74) is -0.927. The topological polar surface area (TPSA) is 92.7 Å². The van der Waals surface area contributed by atoms with Gasteiger partial charge < -0.3 is 33.5 Å². The molecular formula is C33H43ClF2O8. The molecule has 8 nitrogen and oxygen atoms in total. The fourth-order valence-corrected chi connectivity index (χ4v) is 5.86. The quantitative estimate of drug-likeness (QED) is 0.189. The summed E-state index contributed by atoms with van der Waals surface area (Å²) in [7, 11) is 1.26. The Morgan fingerprint density at radius 2 is 1.57 bits per heavy atom. The Balaban J connectivity index is 1.81. The first-order valence-corrected chi connectivity index (χ1v) is 15.8. The Morgan fingerprint density at radius 1 is 0.932 bits per heavy atom. The van der Waals surface area contributed by atoms with Gasteiger partial charge in [-0.25, -0.2) is 9.18 Å². The van der Waals surface area contributed by atoms with Gasteiger partial charge in [0.05, 0.1) is 13.7 Å². The first kappa shape index (κ1) is 34.5. The molecule has 1 N–H and O–H groups in total. The molecule has 244 valence electrons. The zero-order valence-corrected chi connectivity index (χ0v) is 26.6. The highest BCUT2D eigenvalue weighted by Gasteiger charge is 2.72. The average molecular weight is 641 g/mol. The van der Waals surface area contributed by atoms with E-state index in [1.54, 1.807) is 18.2 Å². The molecule has 2 fully saturated rings. The largest absolute Gasteiger partial charge is 0.494 e. The minimum Gasteiger partial charge on any atom is -0.494 e. The van der Waals surface area contributed by atoms with Crippen LogP contribution in [0.4, 0.5) is 8.78 Å². The van der Waals surface area contributed by atoms with Crippen LogP contribution in [-0.4, -0.2) is 68.5 Å². The van der Waals surface area contributed by atoms with Crippen LogP contribution in [0.3, 0.4) is 0 Å². The molecule has 4 rings (SSSR count). The SMILES string of the molecule is CCCCO[C@@H]1[C@@H](OCCCC)[C@@]2(c3ccc(Cl)c(Cc4ccc(OC)c(F)c4F)c3)OC[C@](C(=O)O)(O2)[C@H]1OCCCC. The number of hydrogen-bond acceptors (Lipinski definition) is 7. The molecule has 2 saturated heterocycles. The summed E-state index contributed by atoms with van der Waals surface area (Å²) in [6.45, 7) is 6.82. The molecule has 0 aliphatic carbocycles. The number of rotatable bonds is 17. The normalized spacial score (nSPS) is 26.2. The highest BCUT2D eigenvalue weighted by Crippen LogP contribution is 2.53. The van der Waals surface area contributed by atoms with Gasteiger partial charge in [-0.2, -0.15) is 4.39 Å². The molecule has 11 heteroatoms. The maximum Gasteiger partial charge on any atom is 0.341 e. The molecule has 0 radical (unpaired) electrons. The minimum absolute atomic E-state index is 0.0554. The number of ether oxygens (including phenoxy) is 6. The Hall–Kier alpha value is -2.34. The molecule has 0 amide bonds. The molecule has 0 aromatic heterocycles. The first-order chi connectivity index (χ1) is 21.2. The van der Waals surface area contributed by atoms with Crippen LogP contribution in [0.2, 0.25) is 5.02 Å². The summed E-state index contributed by atoms with van der Waals surface area (Å²) in [5.74, 6) is -5.28. The summed E-state index contributed by atoms with van der Waals surface area (Å²) in [6.07, 6.45) is 2.02. The van der Waals surface area contributed by atoms with E-state index >= 15 is 0 Å². The van der Waals surface area contributed by atoms with Gasteiger partial charge in [0.15, 0.2) is 11.6 Å².